The van der Waals surface area contributed by atoms with Crippen LogP contribution in [0.5, 0.6) is 11.5 Å². The molecule has 1 aliphatic heterocycles. The quantitative estimate of drug-likeness (QED) is 0.785. The molecule has 0 unspecified atom stereocenters. The topological polar surface area (TPSA) is 85.7 Å². The van der Waals surface area contributed by atoms with Crippen molar-refractivity contribution in [2.45, 2.75) is 46.2 Å². The highest BCUT2D eigenvalue weighted by Gasteiger charge is 2.27. The second kappa shape index (κ2) is 9.19. The first-order valence-electron chi connectivity index (χ1n) is 10.1. The van der Waals surface area contributed by atoms with E-state index in [0.717, 1.165) is 43.0 Å². The van der Waals surface area contributed by atoms with E-state index in [9.17, 15) is 9.59 Å². The Morgan fingerprint density at radius 2 is 1.70 bits per heavy atom. The van der Waals surface area contributed by atoms with Gasteiger partial charge in [0.2, 0.25) is 5.91 Å². The molecular formula is C22H30N4O4. The van der Waals surface area contributed by atoms with Crippen LogP contribution in [0.3, 0.4) is 0 Å². The average molecular weight is 415 g/mol. The van der Waals surface area contributed by atoms with Crippen LogP contribution in [0.4, 0.5) is 0 Å². The largest absolute Gasteiger partial charge is 0.497 e. The zero-order valence-corrected chi connectivity index (χ0v) is 18.3. The summed E-state index contributed by atoms with van der Waals surface area (Å²) in [4.78, 5) is 30.8. The second-order valence-electron chi connectivity index (χ2n) is 7.60. The van der Waals surface area contributed by atoms with E-state index in [1.807, 2.05) is 30.9 Å². The minimum Gasteiger partial charge on any atom is -0.497 e. The molecule has 1 saturated heterocycles. The van der Waals surface area contributed by atoms with E-state index >= 15 is 0 Å². The zero-order chi connectivity index (χ0) is 21.8. The van der Waals surface area contributed by atoms with Crippen molar-refractivity contribution in [3.05, 3.63) is 41.0 Å². The Morgan fingerprint density at radius 1 is 1.10 bits per heavy atom. The summed E-state index contributed by atoms with van der Waals surface area (Å²) in [7, 11) is 3.19. The van der Waals surface area contributed by atoms with Gasteiger partial charge in [-0.1, -0.05) is 0 Å². The lowest BCUT2D eigenvalue weighted by Gasteiger charge is -2.33. The van der Waals surface area contributed by atoms with Crippen LogP contribution in [0.1, 0.15) is 53.4 Å². The normalized spacial score (nSPS) is 14.5. The molecule has 0 radical (unpaired) electrons. The highest BCUT2D eigenvalue weighted by molar-refractivity contribution is 5.93. The van der Waals surface area contributed by atoms with Crippen molar-refractivity contribution < 1.29 is 19.1 Å². The predicted molar refractivity (Wildman–Crippen MR) is 113 cm³/mol. The van der Waals surface area contributed by atoms with E-state index in [4.69, 9.17) is 9.47 Å². The maximum atomic E-state index is 12.8. The third kappa shape index (κ3) is 4.58. The molecule has 1 aromatic carbocycles. The maximum absolute atomic E-state index is 12.8. The third-order valence-electron chi connectivity index (χ3n) is 5.68. The molecule has 1 aliphatic rings. The fraction of sp³-hybridized carbons (Fsp3) is 0.500. The van der Waals surface area contributed by atoms with E-state index in [0.29, 0.717) is 23.7 Å². The number of likely N-dealkylation sites (tertiary alicyclic amines) is 1. The first-order valence-corrected chi connectivity index (χ1v) is 10.1. The van der Waals surface area contributed by atoms with E-state index < -0.39 is 0 Å². The molecule has 0 atom stereocenters. The van der Waals surface area contributed by atoms with E-state index in [1.165, 1.54) is 0 Å². The van der Waals surface area contributed by atoms with Gasteiger partial charge in [-0.05, 0) is 44.4 Å². The first-order chi connectivity index (χ1) is 14.3. The molecule has 0 saturated carbocycles. The van der Waals surface area contributed by atoms with Crippen molar-refractivity contribution in [3.8, 4) is 11.5 Å². The smallest absolute Gasteiger partial charge is 0.272 e. The van der Waals surface area contributed by atoms with Gasteiger partial charge in [0, 0.05) is 44.4 Å². The van der Waals surface area contributed by atoms with Crippen LogP contribution in [0.15, 0.2) is 18.2 Å². The van der Waals surface area contributed by atoms with Crippen LogP contribution in [-0.2, 0) is 11.3 Å². The summed E-state index contributed by atoms with van der Waals surface area (Å²) in [5.41, 5.74) is 2.18. The summed E-state index contributed by atoms with van der Waals surface area (Å²) >= 11 is 0. The number of methoxy groups -OCH3 is 2. The Bertz CT molecular complexity index is 907. The Kier molecular flexibility index (Phi) is 6.64. The number of ether oxygens (including phenoxy) is 2. The number of hydrogen-bond acceptors (Lipinski definition) is 5. The van der Waals surface area contributed by atoms with Crippen LogP contribution in [0, 0.1) is 13.8 Å². The Labute approximate surface area is 177 Å². The monoisotopic (exact) mass is 414 g/mol. The molecule has 162 valence electrons. The number of nitrogens with one attached hydrogen (secondary N) is 1. The number of carbonyl (C=O) groups is 2. The lowest BCUT2D eigenvalue weighted by molar-refractivity contribution is -0.130. The summed E-state index contributed by atoms with van der Waals surface area (Å²) in [5.74, 6) is 2.07. The van der Waals surface area contributed by atoms with Crippen LogP contribution in [-0.4, -0.2) is 53.6 Å². The number of benzene rings is 1. The summed E-state index contributed by atoms with van der Waals surface area (Å²) in [5, 5.41) is 2.95. The van der Waals surface area contributed by atoms with Gasteiger partial charge >= 0.3 is 0 Å². The highest BCUT2D eigenvalue weighted by Crippen LogP contribution is 2.27. The molecule has 1 N–H and O–H groups in total. The minimum absolute atomic E-state index is 0.113. The third-order valence-corrected chi connectivity index (χ3v) is 5.68. The molecule has 2 heterocycles. The van der Waals surface area contributed by atoms with Crippen molar-refractivity contribution in [2.24, 2.45) is 0 Å². The van der Waals surface area contributed by atoms with Gasteiger partial charge < -0.3 is 24.3 Å². The molecule has 30 heavy (non-hydrogen) atoms. The zero-order valence-electron chi connectivity index (χ0n) is 18.3. The van der Waals surface area contributed by atoms with Crippen molar-refractivity contribution in [3.63, 3.8) is 0 Å². The van der Waals surface area contributed by atoms with Gasteiger partial charge in [-0.15, -0.1) is 0 Å². The highest BCUT2D eigenvalue weighted by atomic mass is 16.5. The molecule has 0 bridgehead atoms. The van der Waals surface area contributed by atoms with Gasteiger partial charge in [0.15, 0.2) is 0 Å². The number of aromatic nitrogens is 2. The molecule has 8 nitrogen and oxygen atoms in total. The molecule has 1 aromatic heterocycles. The maximum Gasteiger partial charge on any atom is 0.272 e. The summed E-state index contributed by atoms with van der Waals surface area (Å²) in [6.45, 7) is 7.27. The number of piperidine rings is 1. The van der Waals surface area contributed by atoms with Crippen molar-refractivity contribution in [2.75, 3.05) is 27.3 Å². The van der Waals surface area contributed by atoms with Crippen LogP contribution in [0.2, 0.25) is 0 Å². The lowest BCUT2D eigenvalue weighted by Crippen LogP contribution is -2.38. The molecule has 0 aliphatic carbocycles. The van der Waals surface area contributed by atoms with E-state index in [-0.39, 0.29) is 17.9 Å². The van der Waals surface area contributed by atoms with Gasteiger partial charge in [-0.2, -0.15) is 0 Å². The van der Waals surface area contributed by atoms with Gasteiger partial charge in [0.05, 0.1) is 14.2 Å². The number of nitrogens with zero attached hydrogens (tertiary/aromatic N) is 3. The molecule has 2 amide bonds. The van der Waals surface area contributed by atoms with E-state index in [1.54, 1.807) is 27.2 Å². The summed E-state index contributed by atoms with van der Waals surface area (Å²) in [6.07, 6.45) is 1.73. The molecule has 0 spiro atoms. The summed E-state index contributed by atoms with van der Waals surface area (Å²) < 4.78 is 12.7. The molecule has 3 rings (SSSR count). The molecular weight excluding hydrogens is 384 g/mol. The number of hydrogen-bond donors (Lipinski definition) is 1. The fourth-order valence-corrected chi connectivity index (χ4v) is 4.08. The van der Waals surface area contributed by atoms with Crippen molar-refractivity contribution in [1.29, 1.82) is 0 Å². The Balaban J connectivity index is 1.70. The summed E-state index contributed by atoms with van der Waals surface area (Å²) in [6, 6.07) is 5.76. The number of carbonyl (C=O) groups excluding carboxylic acids is 2. The first kappa shape index (κ1) is 21.7. The number of aryl methyl sites for hydroxylation is 1. The molecule has 2 aromatic rings. The standard InChI is InChI=1S/C22H30N4O4/c1-14-21(22(28)23-13-17-10-19(29-4)12-20(11-17)30-5)24-15(2)26(14)18-6-8-25(9-7-18)16(3)27/h10-12,18H,6-9,13H2,1-5H3,(H,23,28). The Hall–Kier alpha value is -3.03. The van der Waals surface area contributed by atoms with Crippen LogP contribution < -0.4 is 14.8 Å². The predicted octanol–water partition coefficient (Wildman–Crippen LogP) is 2.63. The number of imidazole rings is 1. The van der Waals surface area contributed by atoms with Crippen molar-refractivity contribution >= 4 is 11.8 Å². The van der Waals surface area contributed by atoms with Crippen LogP contribution in [0.25, 0.3) is 0 Å². The molecule has 8 heteroatoms. The van der Waals surface area contributed by atoms with Gasteiger partial charge in [-0.25, -0.2) is 4.98 Å². The van der Waals surface area contributed by atoms with Gasteiger partial charge in [0.25, 0.3) is 5.91 Å². The number of amides is 2. The lowest BCUT2D eigenvalue weighted by atomic mass is 10.0. The van der Waals surface area contributed by atoms with Gasteiger partial charge in [0.1, 0.15) is 23.0 Å². The second-order valence-corrected chi connectivity index (χ2v) is 7.60. The minimum atomic E-state index is -0.211. The fourth-order valence-electron chi connectivity index (χ4n) is 4.08. The van der Waals surface area contributed by atoms with Gasteiger partial charge in [-0.3, -0.25) is 9.59 Å². The van der Waals surface area contributed by atoms with Crippen LogP contribution >= 0.6 is 0 Å². The Morgan fingerprint density at radius 3 is 2.23 bits per heavy atom. The van der Waals surface area contributed by atoms with Crippen molar-refractivity contribution in [1.82, 2.24) is 19.8 Å². The average Bonchev–Trinajstić information content (AvgIpc) is 3.05. The van der Waals surface area contributed by atoms with E-state index in [2.05, 4.69) is 14.9 Å². The number of rotatable bonds is 6. The molecule has 1 fully saturated rings. The SMILES string of the molecule is COc1cc(CNC(=O)c2nc(C)n(C3CCN(C(C)=O)CC3)c2C)cc(OC)c1.